The van der Waals surface area contributed by atoms with Crippen LogP contribution in [0.3, 0.4) is 0 Å². The number of methoxy groups -OCH3 is 1. The molecule has 0 bridgehead atoms. The Balaban J connectivity index is 1.53. The Morgan fingerprint density at radius 3 is 2.30 bits per heavy atom. The molecule has 1 aliphatic carbocycles. The summed E-state index contributed by atoms with van der Waals surface area (Å²) in [5.41, 5.74) is 0.990. The molecule has 4 rings (SSSR count). The van der Waals surface area contributed by atoms with Crippen molar-refractivity contribution in [3.63, 3.8) is 0 Å². The van der Waals surface area contributed by atoms with Crippen LogP contribution >= 0.6 is 0 Å². The lowest BCUT2D eigenvalue weighted by Crippen LogP contribution is -2.50. The molecule has 6 heteroatoms. The van der Waals surface area contributed by atoms with Gasteiger partial charge in [0.15, 0.2) is 17.0 Å². The Labute approximate surface area is 191 Å². The number of carbonyl (C=O) groups is 2. The van der Waals surface area contributed by atoms with E-state index in [9.17, 15) is 14.7 Å². The van der Waals surface area contributed by atoms with Crippen molar-refractivity contribution in [1.29, 1.82) is 0 Å². The van der Waals surface area contributed by atoms with Crippen molar-refractivity contribution in [1.82, 2.24) is 5.32 Å². The second kappa shape index (κ2) is 9.20. The molecular formula is C27H25NO5. The topological polar surface area (TPSA) is 84.9 Å². The van der Waals surface area contributed by atoms with E-state index in [2.05, 4.69) is 11.4 Å². The zero-order valence-electron chi connectivity index (χ0n) is 18.5. The number of benzene rings is 3. The predicted octanol–water partition coefficient (Wildman–Crippen LogP) is 2.45. The minimum atomic E-state index is -1.62. The zero-order valence-corrected chi connectivity index (χ0v) is 18.5. The number of hydrogen-bond acceptors (Lipinski definition) is 4. The van der Waals surface area contributed by atoms with Crippen LogP contribution in [0.25, 0.3) is 12.2 Å². The normalized spacial score (nSPS) is 13.3. The number of rotatable bonds is 8. The fraction of sp³-hybridized carbons (Fsp3) is 0.185. The number of aliphatic carboxylic acids is 1. The Hall–Kier alpha value is -4.06. The van der Waals surface area contributed by atoms with Crippen LogP contribution in [0.4, 0.5) is 0 Å². The number of ether oxygens (including phenoxy) is 2. The summed E-state index contributed by atoms with van der Waals surface area (Å²) in [7, 11) is 1.53. The Morgan fingerprint density at radius 2 is 1.67 bits per heavy atom. The van der Waals surface area contributed by atoms with E-state index in [0.29, 0.717) is 24.5 Å². The van der Waals surface area contributed by atoms with Crippen molar-refractivity contribution in [3.8, 4) is 11.5 Å². The van der Waals surface area contributed by atoms with E-state index < -0.39 is 17.4 Å². The molecule has 0 fully saturated rings. The SMILES string of the molecule is COc1ccc(C(=O)NC2(C(=O)O)C=c3ccccc3=C2)cc1OCCc1cccc(C)c1. The van der Waals surface area contributed by atoms with Gasteiger partial charge < -0.3 is 19.9 Å². The van der Waals surface area contributed by atoms with Crippen LogP contribution in [0.2, 0.25) is 0 Å². The van der Waals surface area contributed by atoms with E-state index in [0.717, 1.165) is 16.0 Å². The van der Waals surface area contributed by atoms with E-state index in [1.807, 2.05) is 49.4 Å². The Bertz CT molecular complexity index is 1290. The summed E-state index contributed by atoms with van der Waals surface area (Å²) in [5, 5.41) is 14.1. The molecule has 3 aromatic rings. The van der Waals surface area contributed by atoms with Gasteiger partial charge in [-0.3, -0.25) is 4.79 Å². The molecule has 0 aliphatic heterocycles. The summed E-state index contributed by atoms with van der Waals surface area (Å²) >= 11 is 0. The molecule has 33 heavy (non-hydrogen) atoms. The number of carboxylic acids is 1. The van der Waals surface area contributed by atoms with Crippen molar-refractivity contribution < 1.29 is 24.2 Å². The van der Waals surface area contributed by atoms with Crippen molar-refractivity contribution in [3.05, 3.63) is 93.9 Å². The molecule has 0 aromatic heterocycles. The smallest absolute Gasteiger partial charge is 0.337 e. The Kier molecular flexibility index (Phi) is 6.18. The van der Waals surface area contributed by atoms with Gasteiger partial charge in [0.25, 0.3) is 5.91 Å². The number of carboxylic acid groups (broad SMARTS) is 1. The van der Waals surface area contributed by atoms with Gasteiger partial charge >= 0.3 is 5.97 Å². The van der Waals surface area contributed by atoms with E-state index in [1.54, 1.807) is 30.4 Å². The van der Waals surface area contributed by atoms with Crippen LogP contribution in [-0.4, -0.2) is 36.2 Å². The number of amides is 1. The maximum atomic E-state index is 13.0. The highest BCUT2D eigenvalue weighted by molar-refractivity contribution is 6.05. The van der Waals surface area contributed by atoms with Gasteiger partial charge in [-0.2, -0.15) is 0 Å². The second-order valence-electron chi connectivity index (χ2n) is 8.00. The highest BCUT2D eigenvalue weighted by atomic mass is 16.5. The van der Waals surface area contributed by atoms with Crippen molar-refractivity contribution in [2.75, 3.05) is 13.7 Å². The quantitative estimate of drug-likeness (QED) is 0.559. The number of hydrogen-bond donors (Lipinski definition) is 2. The Morgan fingerprint density at radius 1 is 0.939 bits per heavy atom. The molecular weight excluding hydrogens is 418 g/mol. The molecule has 2 N–H and O–H groups in total. The summed E-state index contributed by atoms with van der Waals surface area (Å²) in [6, 6.07) is 20.3. The molecule has 0 spiro atoms. The summed E-state index contributed by atoms with van der Waals surface area (Å²) in [6.45, 7) is 2.44. The van der Waals surface area contributed by atoms with Crippen LogP contribution in [0.15, 0.2) is 66.7 Å². The lowest BCUT2D eigenvalue weighted by atomic mass is 10.0. The van der Waals surface area contributed by atoms with E-state index in [4.69, 9.17) is 9.47 Å². The number of nitrogens with one attached hydrogen (secondary N) is 1. The molecule has 168 valence electrons. The highest BCUT2D eigenvalue weighted by Crippen LogP contribution is 2.29. The molecule has 1 amide bonds. The maximum absolute atomic E-state index is 13.0. The number of aryl methyl sites for hydroxylation is 1. The first-order valence-corrected chi connectivity index (χ1v) is 10.6. The summed E-state index contributed by atoms with van der Waals surface area (Å²) in [5.74, 6) is -0.765. The zero-order chi connectivity index (χ0) is 23.4. The monoisotopic (exact) mass is 443 g/mol. The fourth-order valence-electron chi connectivity index (χ4n) is 3.89. The molecule has 0 atom stereocenters. The average molecular weight is 443 g/mol. The van der Waals surface area contributed by atoms with Gasteiger partial charge in [0.2, 0.25) is 0 Å². The van der Waals surface area contributed by atoms with Gasteiger partial charge in [0.05, 0.1) is 13.7 Å². The molecule has 1 aliphatic rings. The fourth-order valence-corrected chi connectivity index (χ4v) is 3.89. The van der Waals surface area contributed by atoms with E-state index >= 15 is 0 Å². The van der Waals surface area contributed by atoms with Crippen LogP contribution in [0.5, 0.6) is 11.5 Å². The van der Waals surface area contributed by atoms with Crippen molar-refractivity contribution >= 4 is 24.0 Å². The standard InChI is InChI=1S/C27H25NO5/c1-18-6-5-7-19(14-18)12-13-33-24-15-20(10-11-23(24)32-2)25(29)28-27(26(30)31)16-21-8-3-4-9-22(21)17-27/h3-11,14-17H,12-13H2,1-2H3,(H,28,29)(H,30,31). The third kappa shape index (κ3) is 4.75. The van der Waals surface area contributed by atoms with Crippen LogP contribution in [0.1, 0.15) is 21.5 Å². The van der Waals surface area contributed by atoms with Crippen LogP contribution in [-0.2, 0) is 11.2 Å². The van der Waals surface area contributed by atoms with Gasteiger partial charge in [-0.25, -0.2) is 4.79 Å². The molecule has 0 saturated heterocycles. The lowest BCUT2D eigenvalue weighted by molar-refractivity contribution is -0.139. The van der Waals surface area contributed by atoms with Gasteiger partial charge in [-0.15, -0.1) is 0 Å². The average Bonchev–Trinajstić information content (AvgIpc) is 3.18. The summed E-state index contributed by atoms with van der Waals surface area (Å²) < 4.78 is 11.3. The molecule has 0 unspecified atom stereocenters. The van der Waals surface area contributed by atoms with Crippen molar-refractivity contribution in [2.24, 2.45) is 0 Å². The van der Waals surface area contributed by atoms with E-state index in [1.165, 1.54) is 12.7 Å². The third-order valence-electron chi connectivity index (χ3n) is 5.59. The molecule has 0 heterocycles. The molecule has 0 radical (unpaired) electrons. The first-order chi connectivity index (χ1) is 15.9. The largest absolute Gasteiger partial charge is 0.493 e. The van der Waals surface area contributed by atoms with Gasteiger partial charge in [0, 0.05) is 12.0 Å². The second-order valence-corrected chi connectivity index (χ2v) is 8.00. The molecule has 0 saturated carbocycles. The number of fused-ring (bicyclic) bond motifs is 1. The summed E-state index contributed by atoms with van der Waals surface area (Å²) in [4.78, 5) is 25.1. The lowest BCUT2D eigenvalue weighted by Gasteiger charge is -2.22. The maximum Gasteiger partial charge on any atom is 0.337 e. The van der Waals surface area contributed by atoms with Crippen molar-refractivity contribution in [2.45, 2.75) is 18.9 Å². The molecule has 6 nitrogen and oxygen atoms in total. The third-order valence-corrected chi connectivity index (χ3v) is 5.59. The first-order valence-electron chi connectivity index (χ1n) is 10.6. The van der Waals surface area contributed by atoms with Crippen LogP contribution in [0, 0.1) is 6.92 Å². The highest BCUT2D eigenvalue weighted by Gasteiger charge is 2.38. The molecule has 3 aromatic carbocycles. The van der Waals surface area contributed by atoms with Gasteiger partial charge in [0.1, 0.15) is 0 Å². The number of carbonyl (C=O) groups excluding carboxylic acids is 1. The predicted molar refractivity (Wildman–Crippen MR) is 126 cm³/mol. The van der Waals surface area contributed by atoms with Gasteiger partial charge in [-0.05, 0) is 53.3 Å². The minimum absolute atomic E-state index is 0.278. The first kappa shape index (κ1) is 22.1. The van der Waals surface area contributed by atoms with Gasteiger partial charge in [-0.1, -0.05) is 54.1 Å². The van der Waals surface area contributed by atoms with Crippen LogP contribution < -0.4 is 25.2 Å². The van der Waals surface area contributed by atoms with E-state index in [-0.39, 0.29) is 5.56 Å². The summed E-state index contributed by atoms with van der Waals surface area (Å²) in [6.07, 6.45) is 3.79. The minimum Gasteiger partial charge on any atom is -0.493 e.